The van der Waals surface area contributed by atoms with E-state index in [4.69, 9.17) is 0 Å². The van der Waals surface area contributed by atoms with Crippen molar-refractivity contribution in [3.05, 3.63) is 34.8 Å². The maximum atomic E-state index is 12.5. The molecule has 0 radical (unpaired) electrons. The van der Waals surface area contributed by atoms with Gasteiger partial charge in [-0.05, 0) is 4.92 Å². The molecule has 3 rings (SSSR count). The van der Waals surface area contributed by atoms with Gasteiger partial charge in [-0.1, -0.05) is 0 Å². The minimum Gasteiger partial charge on any atom is -0.358 e. The number of carbonyl (C=O) groups is 1. The van der Waals surface area contributed by atoms with Crippen molar-refractivity contribution >= 4 is 21.7 Å². The number of amides is 1. The van der Waals surface area contributed by atoms with Gasteiger partial charge >= 0.3 is 5.82 Å². The van der Waals surface area contributed by atoms with Crippen molar-refractivity contribution in [1.29, 1.82) is 0 Å². The monoisotopic (exact) mass is 397 g/mol. The van der Waals surface area contributed by atoms with Crippen LogP contribution in [0, 0.1) is 10.1 Å². The number of nitrogens with zero attached hydrogens (tertiary/aromatic N) is 7. The highest BCUT2D eigenvalue weighted by Crippen LogP contribution is 2.17. The Balaban J connectivity index is 1.52. The normalized spacial score (nSPS) is 15.8. The lowest BCUT2D eigenvalue weighted by molar-refractivity contribution is -0.389. The predicted molar refractivity (Wildman–Crippen MR) is 92.0 cm³/mol. The molecule has 13 heteroatoms. The number of piperazine rings is 1. The van der Waals surface area contributed by atoms with Gasteiger partial charge in [0.1, 0.15) is 4.90 Å². The van der Waals surface area contributed by atoms with Crippen LogP contribution in [0.2, 0.25) is 0 Å². The molecule has 2 aromatic heterocycles. The molecule has 0 atom stereocenters. The summed E-state index contributed by atoms with van der Waals surface area (Å²) in [4.78, 5) is 24.0. The third-order valence-electron chi connectivity index (χ3n) is 4.28. The first-order chi connectivity index (χ1) is 12.8. The maximum Gasteiger partial charge on any atom is 0.389 e. The third-order valence-corrected chi connectivity index (χ3v) is 6.13. The molecule has 2 aromatic rings. The Morgan fingerprint density at radius 2 is 2.00 bits per heavy atom. The van der Waals surface area contributed by atoms with Crippen LogP contribution in [0.15, 0.2) is 29.6 Å². The smallest absolute Gasteiger partial charge is 0.358 e. The molecule has 1 fully saturated rings. The molecule has 1 aliphatic heterocycles. The molecule has 0 aliphatic carbocycles. The zero-order valence-corrected chi connectivity index (χ0v) is 15.4. The van der Waals surface area contributed by atoms with Gasteiger partial charge in [-0.3, -0.25) is 9.48 Å². The molecule has 0 N–H and O–H groups in total. The highest BCUT2D eigenvalue weighted by Gasteiger charge is 2.30. The minimum absolute atomic E-state index is 0.130. The van der Waals surface area contributed by atoms with E-state index in [0.29, 0.717) is 0 Å². The van der Waals surface area contributed by atoms with Gasteiger partial charge in [-0.25, -0.2) is 8.42 Å². The topological polar surface area (TPSA) is 136 Å². The number of hydrogen-bond donors (Lipinski definition) is 0. The van der Waals surface area contributed by atoms with Crippen LogP contribution >= 0.6 is 0 Å². The summed E-state index contributed by atoms with van der Waals surface area (Å²) in [6, 6.07) is 1.27. The van der Waals surface area contributed by atoms with Crippen molar-refractivity contribution < 1.29 is 18.1 Å². The van der Waals surface area contributed by atoms with Gasteiger partial charge < -0.3 is 15.0 Å². The number of aryl methyl sites for hydroxylation is 2. The highest BCUT2D eigenvalue weighted by molar-refractivity contribution is 7.89. The molecule has 1 amide bonds. The second-order valence-corrected chi connectivity index (χ2v) is 8.02. The summed E-state index contributed by atoms with van der Waals surface area (Å²) in [5.41, 5.74) is 0. The van der Waals surface area contributed by atoms with Crippen molar-refractivity contribution in [3.63, 3.8) is 0 Å². The SMILES string of the molecule is Cn1cc(S(=O)(=O)N2CCN(C(=O)CCn3ccc([N+](=O)[O-])n3)CC2)cn1. The van der Waals surface area contributed by atoms with Gasteiger partial charge in [0.15, 0.2) is 0 Å². The molecular weight excluding hydrogens is 378 g/mol. The Hall–Kier alpha value is -2.80. The Labute approximate surface area is 155 Å². The van der Waals surface area contributed by atoms with Crippen LogP contribution in [0.1, 0.15) is 6.42 Å². The Morgan fingerprint density at radius 3 is 2.56 bits per heavy atom. The van der Waals surface area contributed by atoms with E-state index in [1.54, 1.807) is 11.9 Å². The lowest BCUT2D eigenvalue weighted by atomic mass is 10.3. The number of hydrogen-bond acceptors (Lipinski definition) is 7. The van der Waals surface area contributed by atoms with Gasteiger partial charge in [0.25, 0.3) is 0 Å². The summed E-state index contributed by atoms with van der Waals surface area (Å²) >= 11 is 0. The molecule has 146 valence electrons. The lowest BCUT2D eigenvalue weighted by Crippen LogP contribution is -2.50. The van der Waals surface area contributed by atoms with E-state index in [1.807, 2.05) is 0 Å². The summed E-state index contributed by atoms with van der Waals surface area (Å²) in [5, 5.41) is 18.3. The summed E-state index contributed by atoms with van der Waals surface area (Å²) < 4.78 is 29.2. The van der Waals surface area contributed by atoms with Gasteiger partial charge in [0.05, 0.1) is 30.1 Å². The van der Waals surface area contributed by atoms with E-state index in [-0.39, 0.29) is 55.8 Å². The standard InChI is InChI=1S/C14H19N7O5S/c1-17-11-12(10-15-17)27(25,26)20-8-6-18(7-9-20)14(22)3-5-19-4-2-13(16-19)21(23)24/h2,4,10-11H,3,5-9H2,1H3. The van der Waals surface area contributed by atoms with Crippen LogP contribution in [-0.2, 0) is 28.4 Å². The van der Waals surface area contributed by atoms with Gasteiger partial charge in [0.2, 0.25) is 15.9 Å². The molecule has 0 saturated carbocycles. The summed E-state index contributed by atoms with van der Waals surface area (Å²) in [5.74, 6) is -0.414. The Morgan fingerprint density at radius 1 is 1.30 bits per heavy atom. The maximum absolute atomic E-state index is 12.5. The van der Waals surface area contributed by atoms with Crippen molar-refractivity contribution in [2.75, 3.05) is 26.2 Å². The molecule has 0 aromatic carbocycles. The van der Waals surface area contributed by atoms with Crippen LogP contribution in [0.4, 0.5) is 5.82 Å². The zero-order chi connectivity index (χ0) is 19.6. The first kappa shape index (κ1) is 19.0. The number of carbonyl (C=O) groups excluding carboxylic acids is 1. The lowest BCUT2D eigenvalue weighted by Gasteiger charge is -2.33. The highest BCUT2D eigenvalue weighted by atomic mass is 32.2. The predicted octanol–water partition coefficient (Wildman–Crippen LogP) is -0.552. The summed E-state index contributed by atoms with van der Waals surface area (Å²) in [6.07, 6.45) is 4.32. The van der Waals surface area contributed by atoms with Crippen molar-refractivity contribution in [3.8, 4) is 0 Å². The number of sulfonamides is 1. The molecule has 0 spiro atoms. The van der Waals surface area contributed by atoms with E-state index >= 15 is 0 Å². The third kappa shape index (κ3) is 4.14. The second kappa shape index (κ2) is 7.44. The summed E-state index contributed by atoms with van der Waals surface area (Å²) in [7, 11) is -1.97. The van der Waals surface area contributed by atoms with E-state index in [2.05, 4.69) is 10.2 Å². The van der Waals surface area contributed by atoms with Crippen molar-refractivity contribution in [2.24, 2.45) is 7.05 Å². The van der Waals surface area contributed by atoms with Crippen LogP contribution in [0.3, 0.4) is 0 Å². The molecule has 12 nitrogen and oxygen atoms in total. The average Bonchev–Trinajstić information content (AvgIpc) is 3.29. The van der Waals surface area contributed by atoms with Gasteiger partial charge in [0, 0.05) is 45.8 Å². The molecule has 27 heavy (non-hydrogen) atoms. The van der Waals surface area contributed by atoms with Gasteiger partial charge in [-0.2, -0.15) is 14.1 Å². The fourth-order valence-corrected chi connectivity index (χ4v) is 4.21. The van der Waals surface area contributed by atoms with E-state index in [0.717, 1.165) is 0 Å². The van der Waals surface area contributed by atoms with E-state index < -0.39 is 14.9 Å². The zero-order valence-electron chi connectivity index (χ0n) is 14.6. The first-order valence-electron chi connectivity index (χ1n) is 8.22. The fourth-order valence-electron chi connectivity index (χ4n) is 2.80. The molecule has 0 bridgehead atoms. The molecule has 1 saturated heterocycles. The van der Waals surface area contributed by atoms with Crippen molar-refractivity contribution in [2.45, 2.75) is 17.9 Å². The fraction of sp³-hybridized carbons (Fsp3) is 0.500. The molecule has 1 aliphatic rings. The number of rotatable bonds is 6. The second-order valence-electron chi connectivity index (χ2n) is 6.08. The van der Waals surface area contributed by atoms with E-state index in [1.165, 1.54) is 38.3 Å². The molecular formula is C14H19N7O5S. The van der Waals surface area contributed by atoms with Gasteiger partial charge in [-0.15, -0.1) is 0 Å². The Kier molecular flexibility index (Phi) is 5.23. The van der Waals surface area contributed by atoms with Crippen LogP contribution in [0.25, 0.3) is 0 Å². The summed E-state index contributed by atoms with van der Waals surface area (Å²) in [6.45, 7) is 1.21. The average molecular weight is 397 g/mol. The van der Waals surface area contributed by atoms with Crippen molar-refractivity contribution in [1.82, 2.24) is 28.8 Å². The minimum atomic E-state index is -3.62. The van der Waals surface area contributed by atoms with Crippen LogP contribution in [0.5, 0.6) is 0 Å². The number of aromatic nitrogens is 4. The quantitative estimate of drug-likeness (QED) is 0.471. The Bertz CT molecular complexity index is 943. The molecule has 3 heterocycles. The van der Waals surface area contributed by atoms with E-state index in [9.17, 15) is 23.3 Å². The number of nitro groups is 1. The first-order valence-corrected chi connectivity index (χ1v) is 9.66. The van der Waals surface area contributed by atoms with Crippen LogP contribution < -0.4 is 0 Å². The van der Waals surface area contributed by atoms with Crippen LogP contribution in [-0.4, -0.2) is 74.2 Å². The largest absolute Gasteiger partial charge is 0.389 e. The molecule has 0 unspecified atom stereocenters.